The molecule has 20 heavy (non-hydrogen) atoms. The van der Waals surface area contributed by atoms with Crippen LogP contribution in [0.5, 0.6) is 0 Å². The standard InChI is InChI=1S/C15H18FNO3/c1-20-15(19)12-6-4-8-17(10-12)14(18)9-11-5-2-3-7-13(11)16/h2-3,5,7,12H,4,6,8-10H2,1H3/t12-/m0/s1. The fourth-order valence-electron chi connectivity index (χ4n) is 2.48. The molecular weight excluding hydrogens is 261 g/mol. The van der Waals surface area contributed by atoms with E-state index in [1.165, 1.54) is 13.2 Å². The zero-order chi connectivity index (χ0) is 14.5. The summed E-state index contributed by atoms with van der Waals surface area (Å²) in [5.41, 5.74) is 0.387. The average molecular weight is 279 g/mol. The van der Waals surface area contributed by atoms with Gasteiger partial charge in [0.05, 0.1) is 19.4 Å². The van der Waals surface area contributed by atoms with Crippen molar-refractivity contribution < 1.29 is 18.7 Å². The highest BCUT2D eigenvalue weighted by Gasteiger charge is 2.29. The molecule has 1 aliphatic heterocycles. The highest BCUT2D eigenvalue weighted by Crippen LogP contribution is 2.19. The Morgan fingerprint density at radius 1 is 1.40 bits per heavy atom. The van der Waals surface area contributed by atoms with Crippen LogP contribution in [-0.4, -0.2) is 37.0 Å². The van der Waals surface area contributed by atoms with Gasteiger partial charge in [-0.1, -0.05) is 18.2 Å². The highest BCUT2D eigenvalue weighted by atomic mass is 19.1. The molecule has 1 aliphatic rings. The van der Waals surface area contributed by atoms with Crippen LogP contribution in [0, 0.1) is 11.7 Å². The number of nitrogens with zero attached hydrogens (tertiary/aromatic N) is 1. The number of esters is 1. The van der Waals surface area contributed by atoms with E-state index in [0.717, 1.165) is 12.8 Å². The normalized spacial score (nSPS) is 18.7. The van der Waals surface area contributed by atoms with E-state index in [9.17, 15) is 14.0 Å². The molecule has 0 saturated carbocycles. The first-order valence-electron chi connectivity index (χ1n) is 6.71. The maximum Gasteiger partial charge on any atom is 0.310 e. The molecule has 0 unspecified atom stereocenters. The molecule has 1 atom stereocenters. The Kier molecular flexibility index (Phi) is 4.71. The Bertz CT molecular complexity index is 504. The number of rotatable bonds is 3. The van der Waals surface area contributed by atoms with Crippen molar-refractivity contribution in [2.24, 2.45) is 5.92 Å². The maximum absolute atomic E-state index is 13.5. The number of hydrogen-bond acceptors (Lipinski definition) is 3. The summed E-state index contributed by atoms with van der Waals surface area (Å²) in [7, 11) is 1.35. The van der Waals surface area contributed by atoms with Gasteiger partial charge in [-0.2, -0.15) is 0 Å². The molecule has 0 aliphatic carbocycles. The van der Waals surface area contributed by atoms with Crippen LogP contribution in [0.25, 0.3) is 0 Å². The quantitative estimate of drug-likeness (QED) is 0.792. The Labute approximate surface area is 117 Å². The molecule has 0 radical (unpaired) electrons. The van der Waals surface area contributed by atoms with Crippen molar-refractivity contribution in [3.05, 3.63) is 35.6 Å². The number of ether oxygens (including phenoxy) is 1. The Morgan fingerprint density at radius 2 is 2.15 bits per heavy atom. The molecule has 1 fully saturated rings. The van der Waals surface area contributed by atoms with Crippen molar-refractivity contribution in [1.29, 1.82) is 0 Å². The van der Waals surface area contributed by atoms with Gasteiger partial charge >= 0.3 is 5.97 Å². The van der Waals surface area contributed by atoms with Crippen LogP contribution < -0.4 is 0 Å². The minimum atomic E-state index is -0.373. The van der Waals surface area contributed by atoms with Crippen LogP contribution >= 0.6 is 0 Å². The van der Waals surface area contributed by atoms with Crippen molar-refractivity contribution in [2.45, 2.75) is 19.3 Å². The summed E-state index contributed by atoms with van der Waals surface area (Å²) < 4.78 is 18.3. The van der Waals surface area contributed by atoms with Crippen molar-refractivity contribution in [3.8, 4) is 0 Å². The summed E-state index contributed by atoms with van der Waals surface area (Å²) in [5.74, 6) is -1.07. The number of likely N-dealkylation sites (tertiary alicyclic amines) is 1. The number of carbonyl (C=O) groups excluding carboxylic acids is 2. The number of hydrogen-bond donors (Lipinski definition) is 0. The van der Waals surface area contributed by atoms with Crippen LogP contribution in [0.3, 0.4) is 0 Å². The fraction of sp³-hybridized carbons (Fsp3) is 0.467. The fourth-order valence-corrected chi connectivity index (χ4v) is 2.48. The second kappa shape index (κ2) is 6.50. The van der Waals surface area contributed by atoms with Crippen molar-refractivity contribution in [3.63, 3.8) is 0 Å². The largest absolute Gasteiger partial charge is 0.469 e. The lowest BCUT2D eigenvalue weighted by atomic mass is 9.97. The molecule has 0 N–H and O–H groups in total. The Morgan fingerprint density at radius 3 is 2.85 bits per heavy atom. The van der Waals surface area contributed by atoms with E-state index in [4.69, 9.17) is 4.74 Å². The number of amides is 1. The van der Waals surface area contributed by atoms with Gasteiger partial charge in [0.15, 0.2) is 0 Å². The molecule has 5 heteroatoms. The van der Waals surface area contributed by atoms with Gasteiger partial charge < -0.3 is 9.64 Å². The third-order valence-electron chi connectivity index (χ3n) is 3.61. The number of methoxy groups -OCH3 is 1. The summed E-state index contributed by atoms with van der Waals surface area (Å²) in [6, 6.07) is 6.25. The molecule has 1 aromatic rings. The maximum atomic E-state index is 13.5. The SMILES string of the molecule is COC(=O)[C@H]1CCCN(C(=O)Cc2ccccc2F)C1. The summed E-state index contributed by atoms with van der Waals surface area (Å²) in [6.07, 6.45) is 1.53. The van der Waals surface area contributed by atoms with E-state index in [0.29, 0.717) is 18.7 Å². The molecule has 1 heterocycles. The van der Waals surface area contributed by atoms with Gasteiger partial charge in [-0.25, -0.2) is 4.39 Å². The summed E-state index contributed by atoms with van der Waals surface area (Å²) in [6.45, 7) is 0.973. The third-order valence-corrected chi connectivity index (χ3v) is 3.61. The van der Waals surface area contributed by atoms with Crippen LogP contribution in [-0.2, 0) is 20.7 Å². The molecule has 1 saturated heterocycles. The van der Waals surface area contributed by atoms with Gasteiger partial charge in [-0.05, 0) is 24.5 Å². The van der Waals surface area contributed by atoms with Crippen molar-refractivity contribution in [1.82, 2.24) is 4.90 Å². The smallest absolute Gasteiger partial charge is 0.310 e. The van der Waals surface area contributed by atoms with Crippen LogP contribution in [0.1, 0.15) is 18.4 Å². The van der Waals surface area contributed by atoms with E-state index in [2.05, 4.69) is 0 Å². The lowest BCUT2D eigenvalue weighted by Crippen LogP contribution is -2.43. The molecule has 108 valence electrons. The van der Waals surface area contributed by atoms with Gasteiger partial charge in [0, 0.05) is 13.1 Å². The zero-order valence-electron chi connectivity index (χ0n) is 11.5. The molecular formula is C15H18FNO3. The predicted molar refractivity (Wildman–Crippen MR) is 71.4 cm³/mol. The lowest BCUT2D eigenvalue weighted by Gasteiger charge is -2.31. The first-order valence-corrected chi connectivity index (χ1v) is 6.71. The van der Waals surface area contributed by atoms with E-state index >= 15 is 0 Å². The predicted octanol–water partition coefficient (Wildman–Crippen LogP) is 1.78. The topological polar surface area (TPSA) is 46.6 Å². The van der Waals surface area contributed by atoms with Crippen LogP contribution in [0.4, 0.5) is 4.39 Å². The summed E-state index contributed by atoms with van der Waals surface area (Å²) in [4.78, 5) is 25.3. The van der Waals surface area contributed by atoms with Crippen molar-refractivity contribution in [2.75, 3.05) is 20.2 Å². The third kappa shape index (κ3) is 3.35. The Hall–Kier alpha value is -1.91. The second-order valence-corrected chi connectivity index (χ2v) is 4.97. The van der Waals surface area contributed by atoms with Gasteiger partial charge in [-0.15, -0.1) is 0 Å². The second-order valence-electron chi connectivity index (χ2n) is 4.97. The van der Waals surface area contributed by atoms with Gasteiger partial charge in [0.1, 0.15) is 5.82 Å². The monoisotopic (exact) mass is 279 g/mol. The molecule has 0 bridgehead atoms. The van der Waals surface area contributed by atoms with Gasteiger partial charge in [0.25, 0.3) is 0 Å². The molecule has 2 rings (SSSR count). The van der Waals surface area contributed by atoms with E-state index in [-0.39, 0.29) is 30.0 Å². The summed E-state index contributed by atoms with van der Waals surface area (Å²) in [5, 5.41) is 0. The van der Waals surface area contributed by atoms with E-state index in [1.54, 1.807) is 23.1 Å². The first kappa shape index (κ1) is 14.5. The molecule has 0 spiro atoms. The van der Waals surface area contributed by atoms with E-state index in [1.807, 2.05) is 0 Å². The molecule has 1 aromatic carbocycles. The first-order chi connectivity index (χ1) is 9.61. The van der Waals surface area contributed by atoms with Gasteiger partial charge in [-0.3, -0.25) is 9.59 Å². The molecule has 0 aromatic heterocycles. The average Bonchev–Trinajstić information content (AvgIpc) is 2.49. The number of halogens is 1. The minimum Gasteiger partial charge on any atom is -0.469 e. The van der Waals surface area contributed by atoms with Gasteiger partial charge in [0.2, 0.25) is 5.91 Å². The Balaban J connectivity index is 1.99. The number of carbonyl (C=O) groups is 2. The van der Waals surface area contributed by atoms with E-state index < -0.39 is 0 Å². The zero-order valence-corrected chi connectivity index (χ0v) is 11.5. The van der Waals surface area contributed by atoms with Crippen molar-refractivity contribution >= 4 is 11.9 Å². The summed E-state index contributed by atoms with van der Waals surface area (Å²) >= 11 is 0. The lowest BCUT2D eigenvalue weighted by molar-refractivity contribution is -0.148. The molecule has 4 nitrogen and oxygen atoms in total. The minimum absolute atomic E-state index is 0.0283. The number of benzene rings is 1. The highest BCUT2D eigenvalue weighted by molar-refractivity contribution is 5.80. The molecule has 1 amide bonds. The van der Waals surface area contributed by atoms with Crippen LogP contribution in [0.15, 0.2) is 24.3 Å². The van der Waals surface area contributed by atoms with Crippen LogP contribution in [0.2, 0.25) is 0 Å². The number of piperidine rings is 1.